The Morgan fingerprint density at radius 2 is 1.75 bits per heavy atom. The molecule has 0 spiro atoms. The van der Waals surface area contributed by atoms with Gasteiger partial charge < -0.3 is 15.1 Å². The summed E-state index contributed by atoms with van der Waals surface area (Å²) in [5.41, 5.74) is 1.04. The lowest BCUT2D eigenvalue weighted by Gasteiger charge is -2.50. The molecule has 0 saturated carbocycles. The molecule has 3 rings (SSSR count). The summed E-state index contributed by atoms with van der Waals surface area (Å²) >= 11 is 0. The van der Waals surface area contributed by atoms with E-state index in [4.69, 9.17) is 0 Å². The number of carbonyl (C=O) groups excluding carboxylic acids is 2. The predicted octanol–water partition coefficient (Wildman–Crippen LogP) is 4.41. The number of benzene rings is 1. The quantitative estimate of drug-likeness (QED) is 0.682. The number of likely N-dealkylation sites (tertiary alicyclic amines) is 1. The van der Waals surface area contributed by atoms with Crippen LogP contribution in [0.2, 0.25) is 0 Å². The smallest absolute Gasteiger partial charge is 0.227 e. The van der Waals surface area contributed by atoms with Crippen LogP contribution < -0.4 is 5.32 Å². The second-order valence-corrected chi connectivity index (χ2v) is 11.2. The van der Waals surface area contributed by atoms with Crippen molar-refractivity contribution >= 4 is 11.8 Å². The summed E-state index contributed by atoms with van der Waals surface area (Å²) < 4.78 is 0. The molecular weight excluding hydrogens is 398 g/mol. The maximum absolute atomic E-state index is 13.8. The van der Waals surface area contributed by atoms with Crippen LogP contribution in [0.25, 0.3) is 0 Å². The first kappa shape index (κ1) is 24.8. The number of piperidine rings is 2. The third kappa shape index (κ3) is 6.57. The van der Waals surface area contributed by atoms with Crippen LogP contribution in [0.5, 0.6) is 0 Å². The first-order valence-corrected chi connectivity index (χ1v) is 12.5. The fourth-order valence-corrected chi connectivity index (χ4v) is 5.81. The Bertz CT molecular complexity index is 758. The van der Waals surface area contributed by atoms with Crippen LogP contribution >= 0.6 is 0 Å². The Labute approximate surface area is 194 Å². The van der Waals surface area contributed by atoms with Crippen molar-refractivity contribution in [3.8, 4) is 0 Å². The highest BCUT2D eigenvalue weighted by Crippen LogP contribution is 2.33. The van der Waals surface area contributed by atoms with Crippen LogP contribution in [0.3, 0.4) is 0 Å². The van der Waals surface area contributed by atoms with Crippen LogP contribution in [0.1, 0.15) is 78.7 Å². The van der Waals surface area contributed by atoms with Crippen molar-refractivity contribution in [2.75, 3.05) is 19.6 Å². The van der Waals surface area contributed by atoms with Gasteiger partial charge in [-0.15, -0.1) is 0 Å². The van der Waals surface area contributed by atoms with Crippen LogP contribution in [0.15, 0.2) is 30.3 Å². The van der Waals surface area contributed by atoms with Crippen LogP contribution in [-0.2, 0) is 16.0 Å². The largest absolute Gasteiger partial charge is 0.342 e. The fourth-order valence-electron chi connectivity index (χ4n) is 5.81. The lowest BCUT2D eigenvalue weighted by Crippen LogP contribution is -2.63. The molecule has 0 radical (unpaired) electrons. The second kappa shape index (κ2) is 10.4. The molecule has 2 aliphatic heterocycles. The Hall–Kier alpha value is -1.88. The minimum atomic E-state index is -0.0820. The third-order valence-corrected chi connectivity index (χ3v) is 6.97. The lowest BCUT2D eigenvalue weighted by molar-refractivity contribution is -0.144. The molecular formula is C27H43N3O2. The van der Waals surface area contributed by atoms with E-state index < -0.39 is 0 Å². The molecule has 178 valence electrons. The van der Waals surface area contributed by atoms with Crippen molar-refractivity contribution in [2.45, 2.75) is 96.7 Å². The minimum absolute atomic E-state index is 0.00140. The molecule has 5 nitrogen and oxygen atoms in total. The third-order valence-electron chi connectivity index (χ3n) is 6.97. The summed E-state index contributed by atoms with van der Waals surface area (Å²) in [6, 6.07) is 10.2. The van der Waals surface area contributed by atoms with Gasteiger partial charge in [-0.3, -0.25) is 9.59 Å². The van der Waals surface area contributed by atoms with Gasteiger partial charge in [0.05, 0.1) is 12.3 Å². The van der Waals surface area contributed by atoms with Gasteiger partial charge in [0, 0.05) is 36.8 Å². The van der Waals surface area contributed by atoms with Crippen LogP contribution in [0.4, 0.5) is 0 Å². The molecule has 2 saturated heterocycles. The van der Waals surface area contributed by atoms with Gasteiger partial charge in [0.25, 0.3) is 0 Å². The average Bonchev–Trinajstić information content (AvgIpc) is 2.72. The Morgan fingerprint density at radius 1 is 1.09 bits per heavy atom. The molecule has 2 aliphatic rings. The number of nitrogens with zero attached hydrogens (tertiary/aromatic N) is 2. The van der Waals surface area contributed by atoms with Gasteiger partial charge in [0.15, 0.2) is 0 Å². The molecule has 2 fully saturated rings. The molecule has 5 heteroatoms. The number of amides is 2. The van der Waals surface area contributed by atoms with Gasteiger partial charge in [0.2, 0.25) is 11.8 Å². The zero-order valence-electron chi connectivity index (χ0n) is 20.8. The van der Waals surface area contributed by atoms with Crippen molar-refractivity contribution in [3.63, 3.8) is 0 Å². The van der Waals surface area contributed by atoms with Crippen molar-refractivity contribution in [1.29, 1.82) is 0 Å². The highest BCUT2D eigenvalue weighted by atomic mass is 16.2. The Morgan fingerprint density at radius 3 is 2.38 bits per heavy atom. The number of nitrogens with one attached hydrogen (secondary N) is 1. The minimum Gasteiger partial charge on any atom is -0.342 e. The van der Waals surface area contributed by atoms with Gasteiger partial charge in [-0.25, -0.2) is 0 Å². The van der Waals surface area contributed by atoms with E-state index in [1.54, 1.807) is 0 Å². The topological polar surface area (TPSA) is 52.7 Å². The summed E-state index contributed by atoms with van der Waals surface area (Å²) in [5, 5.41) is 3.75. The van der Waals surface area contributed by atoms with E-state index in [1.807, 2.05) is 35.2 Å². The van der Waals surface area contributed by atoms with Gasteiger partial charge in [-0.1, -0.05) is 43.7 Å². The van der Waals surface area contributed by atoms with E-state index in [0.717, 1.165) is 57.2 Å². The standard InChI is InChI=1S/C27H43N3O2/c1-6-7-16-30(23-18-26(2,3)28-27(4,5)19-23)25(32)22-14-11-15-29(20-22)24(31)17-21-12-9-8-10-13-21/h8-10,12-13,22-23,28H,6-7,11,14-20H2,1-5H3. The van der Waals surface area contributed by atoms with Gasteiger partial charge in [-0.2, -0.15) is 0 Å². The molecule has 0 aromatic heterocycles. The van der Waals surface area contributed by atoms with Crippen LogP contribution in [-0.4, -0.2) is 58.4 Å². The number of hydrogen-bond donors (Lipinski definition) is 1. The molecule has 1 atom stereocenters. The Balaban J connectivity index is 1.70. The van der Waals surface area contributed by atoms with E-state index in [2.05, 4.69) is 44.8 Å². The highest BCUT2D eigenvalue weighted by Gasteiger charge is 2.42. The van der Waals surface area contributed by atoms with E-state index in [1.165, 1.54) is 0 Å². The van der Waals surface area contributed by atoms with Crippen molar-refractivity contribution < 1.29 is 9.59 Å². The first-order valence-electron chi connectivity index (χ1n) is 12.5. The number of hydrogen-bond acceptors (Lipinski definition) is 3. The van der Waals surface area contributed by atoms with Crippen LogP contribution in [0, 0.1) is 5.92 Å². The molecule has 32 heavy (non-hydrogen) atoms. The van der Waals surface area contributed by atoms with Gasteiger partial charge in [-0.05, 0) is 65.4 Å². The molecule has 1 N–H and O–H groups in total. The summed E-state index contributed by atoms with van der Waals surface area (Å²) in [4.78, 5) is 30.9. The van der Waals surface area contributed by atoms with Gasteiger partial charge in [0.1, 0.15) is 0 Å². The maximum atomic E-state index is 13.8. The van der Waals surface area contributed by atoms with Gasteiger partial charge >= 0.3 is 0 Å². The normalized spacial score (nSPS) is 23.0. The average molecular weight is 442 g/mol. The van der Waals surface area contributed by atoms with E-state index >= 15 is 0 Å². The molecule has 1 aromatic carbocycles. The fraction of sp³-hybridized carbons (Fsp3) is 0.704. The monoisotopic (exact) mass is 441 g/mol. The zero-order chi connectivity index (χ0) is 23.4. The predicted molar refractivity (Wildman–Crippen MR) is 130 cm³/mol. The zero-order valence-corrected chi connectivity index (χ0v) is 20.8. The molecule has 1 aromatic rings. The van der Waals surface area contributed by atoms with Crippen molar-refractivity contribution in [1.82, 2.24) is 15.1 Å². The van der Waals surface area contributed by atoms with Crippen molar-refractivity contribution in [2.24, 2.45) is 5.92 Å². The number of carbonyl (C=O) groups is 2. The summed E-state index contributed by atoms with van der Waals surface area (Å²) in [6.45, 7) is 13.3. The summed E-state index contributed by atoms with van der Waals surface area (Å²) in [5.74, 6) is 0.313. The van der Waals surface area contributed by atoms with E-state index in [-0.39, 0.29) is 34.9 Å². The maximum Gasteiger partial charge on any atom is 0.227 e. The molecule has 0 aliphatic carbocycles. The molecule has 2 heterocycles. The first-order chi connectivity index (χ1) is 15.1. The van der Waals surface area contributed by atoms with E-state index in [9.17, 15) is 9.59 Å². The van der Waals surface area contributed by atoms with Crippen molar-refractivity contribution in [3.05, 3.63) is 35.9 Å². The SMILES string of the molecule is CCCCN(C(=O)C1CCCN(C(=O)Cc2ccccc2)C1)C1CC(C)(C)NC(C)(C)C1. The molecule has 1 unspecified atom stereocenters. The second-order valence-electron chi connectivity index (χ2n) is 11.2. The molecule has 2 amide bonds. The lowest BCUT2D eigenvalue weighted by atomic mass is 9.78. The summed E-state index contributed by atoms with van der Waals surface area (Å²) in [7, 11) is 0. The Kier molecular flexibility index (Phi) is 8.02. The number of unbranched alkanes of at least 4 members (excludes halogenated alkanes) is 1. The molecule has 0 bridgehead atoms. The summed E-state index contributed by atoms with van der Waals surface area (Å²) in [6.07, 6.45) is 6.24. The highest BCUT2D eigenvalue weighted by molar-refractivity contribution is 5.82. The van der Waals surface area contributed by atoms with E-state index in [0.29, 0.717) is 13.0 Å². The number of rotatable bonds is 7.